The van der Waals surface area contributed by atoms with Gasteiger partial charge in [-0.05, 0) is 38.5 Å². The van der Waals surface area contributed by atoms with Crippen molar-refractivity contribution in [2.75, 3.05) is 0 Å². The minimum atomic E-state index is -0.984. The molecule has 0 saturated carbocycles. The lowest BCUT2D eigenvalue weighted by Crippen LogP contribution is -2.21. The van der Waals surface area contributed by atoms with E-state index in [1.807, 2.05) is 36.5 Å². The first kappa shape index (κ1) is 22.4. The Morgan fingerprint density at radius 2 is 1.75 bits per heavy atom. The van der Waals surface area contributed by atoms with Gasteiger partial charge in [0.15, 0.2) is 0 Å². The van der Waals surface area contributed by atoms with Crippen molar-refractivity contribution in [3.8, 4) is 0 Å². The molecule has 1 atom stereocenters. The molecule has 0 spiro atoms. The van der Waals surface area contributed by atoms with Gasteiger partial charge in [0.05, 0.1) is 0 Å². The fourth-order valence-electron chi connectivity index (χ4n) is 2.05. The number of hydrogen-bond acceptors (Lipinski definition) is 4. The number of carboxylic acid groups (broad SMARTS) is 1. The van der Waals surface area contributed by atoms with Crippen LogP contribution in [0.5, 0.6) is 0 Å². The summed E-state index contributed by atoms with van der Waals surface area (Å²) in [6.07, 6.45) is 23.2. The standard InChI is InChI=1S/C20H32O4/c1-2-3-13-16-19(24-23)17-14-11-9-7-5-4-6-8-10-12-15-18-20(21)22/h4-5,8-11,14,17,19,23H,2-3,6-7,12-13,15-16,18H2,1H3,(H,21,22)/p-1/b5-4-,10-8-,11-9-,17-14+. The molecule has 0 aromatic carbocycles. The zero-order valence-electron chi connectivity index (χ0n) is 14.7. The molecule has 0 aliphatic heterocycles. The predicted molar refractivity (Wildman–Crippen MR) is 96.3 cm³/mol. The number of carbonyl (C=O) groups is 1. The highest BCUT2D eigenvalue weighted by atomic mass is 17.1. The number of unbranched alkanes of at least 4 members (excludes halogenated alkanes) is 3. The minimum Gasteiger partial charge on any atom is -0.550 e. The van der Waals surface area contributed by atoms with Gasteiger partial charge in [-0.25, -0.2) is 4.89 Å². The average molecular weight is 335 g/mol. The van der Waals surface area contributed by atoms with Crippen LogP contribution in [0.25, 0.3) is 0 Å². The van der Waals surface area contributed by atoms with Gasteiger partial charge in [-0.3, -0.25) is 5.26 Å². The van der Waals surface area contributed by atoms with Gasteiger partial charge in [-0.15, -0.1) is 0 Å². The summed E-state index contributed by atoms with van der Waals surface area (Å²) >= 11 is 0. The van der Waals surface area contributed by atoms with Crippen LogP contribution in [0.15, 0.2) is 48.6 Å². The van der Waals surface area contributed by atoms with E-state index in [0.717, 1.165) is 44.9 Å². The first-order chi connectivity index (χ1) is 11.7. The molecule has 4 heteroatoms. The zero-order chi connectivity index (χ0) is 17.9. The number of rotatable bonds is 15. The van der Waals surface area contributed by atoms with Crippen molar-refractivity contribution in [2.24, 2.45) is 0 Å². The summed E-state index contributed by atoms with van der Waals surface area (Å²) in [7, 11) is 0. The highest BCUT2D eigenvalue weighted by molar-refractivity contribution is 5.64. The highest BCUT2D eigenvalue weighted by Crippen LogP contribution is 2.07. The number of carboxylic acids is 1. The molecule has 0 fully saturated rings. The van der Waals surface area contributed by atoms with Crippen molar-refractivity contribution < 1.29 is 20.0 Å². The van der Waals surface area contributed by atoms with E-state index >= 15 is 0 Å². The van der Waals surface area contributed by atoms with Crippen LogP contribution in [0, 0.1) is 0 Å². The third-order valence-electron chi connectivity index (χ3n) is 3.43. The third kappa shape index (κ3) is 16.7. The van der Waals surface area contributed by atoms with E-state index in [-0.39, 0.29) is 12.5 Å². The molecule has 0 aliphatic rings. The lowest BCUT2D eigenvalue weighted by molar-refractivity contribution is -0.305. The summed E-state index contributed by atoms with van der Waals surface area (Å²) in [6, 6.07) is 0. The summed E-state index contributed by atoms with van der Waals surface area (Å²) in [6.45, 7) is 2.15. The quantitative estimate of drug-likeness (QED) is 0.159. The van der Waals surface area contributed by atoms with E-state index in [1.165, 1.54) is 0 Å². The van der Waals surface area contributed by atoms with Gasteiger partial charge in [-0.2, -0.15) is 0 Å². The maximum absolute atomic E-state index is 10.2. The van der Waals surface area contributed by atoms with Gasteiger partial charge < -0.3 is 9.90 Å². The van der Waals surface area contributed by atoms with Crippen LogP contribution >= 0.6 is 0 Å². The monoisotopic (exact) mass is 335 g/mol. The Morgan fingerprint density at radius 1 is 1.04 bits per heavy atom. The Bertz CT molecular complexity index is 408. The molecule has 0 aromatic rings. The third-order valence-corrected chi connectivity index (χ3v) is 3.43. The molecule has 1 N–H and O–H groups in total. The molecule has 0 heterocycles. The van der Waals surface area contributed by atoms with Crippen molar-refractivity contribution >= 4 is 5.97 Å². The molecule has 0 aromatic heterocycles. The molecule has 0 amide bonds. The largest absolute Gasteiger partial charge is 0.550 e. The second-order valence-electron chi connectivity index (χ2n) is 5.63. The summed E-state index contributed by atoms with van der Waals surface area (Å²) in [5.41, 5.74) is 0. The second kappa shape index (κ2) is 17.7. The van der Waals surface area contributed by atoms with Crippen LogP contribution in [0.1, 0.15) is 64.7 Å². The maximum atomic E-state index is 10.2. The lowest BCUT2D eigenvalue weighted by Gasteiger charge is -2.07. The molecular weight excluding hydrogens is 304 g/mol. The van der Waals surface area contributed by atoms with Crippen molar-refractivity contribution in [3.05, 3.63) is 48.6 Å². The van der Waals surface area contributed by atoms with E-state index in [9.17, 15) is 9.90 Å². The fourth-order valence-corrected chi connectivity index (χ4v) is 2.05. The van der Waals surface area contributed by atoms with Crippen LogP contribution in [-0.4, -0.2) is 17.3 Å². The molecule has 1 unspecified atom stereocenters. The molecule has 4 nitrogen and oxygen atoms in total. The van der Waals surface area contributed by atoms with Gasteiger partial charge in [0.2, 0.25) is 0 Å². The molecule has 0 rings (SSSR count). The van der Waals surface area contributed by atoms with E-state index in [2.05, 4.69) is 24.0 Å². The Morgan fingerprint density at radius 3 is 2.42 bits per heavy atom. The predicted octanol–water partition coefficient (Wildman–Crippen LogP) is 4.35. The first-order valence-corrected chi connectivity index (χ1v) is 8.84. The van der Waals surface area contributed by atoms with Crippen LogP contribution in [0.4, 0.5) is 0 Å². The van der Waals surface area contributed by atoms with Crippen molar-refractivity contribution in [1.29, 1.82) is 0 Å². The second-order valence-corrected chi connectivity index (χ2v) is 5.63. The van der Waals surface area contributed by atoms with Gasteiger partial charge in [0.1, 0.15) is 6.10 Å². The molecular formula is C20H31O4-. The Labute approximate surface area is 146 Å². The minimum absolute atomic E-state index is 0.124. The summed E-state index contributed by atoms with van der Waals surface area (Å²) in [4.78, 5) is 14.6. The van der Waals surface area contributed by atoms with Crippen LogP contribution in [-0.2, 0) is 9.68 Å². The Hall–Kier alpha value is -1.65. The maximum Gasteiger partial charge on any atom is 0.111 e. The normalized spacial score (nSPS) is 13.8. The van der Waals surface area contributed by atoms with Crippen molar-refractivity contribution in [1.82, 2.24) is 0 Å². The smallest absolute Gasteiger partial charge is 0.111 e. The average Bonchev–Trinajstić information content (AvgIpc) is 2.57. The molecule has 0 aliphatic carbocycles. The van der Waals surface area contributed by atoms with Crippen LogP contribution in [0.2, 0.25) is 0 Å². The SMILES string of the molecule is CCCCCC(/C=C/C=C\C/C=C\C/C=C\CCCC(=O)[O-])OO. The topological polar surface area (TPSA) is 69.6 Å². The molecule has 24 heavy (non-hydrogen) atoms. The molecule has 136 valence electrons. The zero-order valence-corrected chi connectivity index (χ0v) is 14.7. The Kier molecular flexibility index (Phi) is 16.5. The van der Waals surface area contributed by atoms with Gasteiger partial charge in [-0.1, -0.05) is 74.8 Å². The van der Waals surface area contributed by atoms with Gasteiger partial charge >= 0.3 is 0 Å². The molecule has 0 saturated heterocycles. The number of allylic oxidation sites excluding steroid dienone is 7. The number of carbonyl (C=O) groups excluding carboxylic acids is 1. The first-order valence-electron chi connectivity index (χ1n) is 8.84. The summed E-state index contributed by atoms with van der Waals surface area (Å²) in [5.74, 6) is -0.984. The molecule has 0 radical (unpaired) electrons. The Balaban J connectivity index is 3.70. The molecule has 0 bridgehead atoms. The fraction of sp³-hybridized carbons (Fsp3) is 0.550. The van der Waals surface area contributed by atoms with Gasteiger partial charge in [0.25, 0.3) is 0 Å². The summed E-state index contributed by atoms with van der Waals surface area (Å²) in [5, 5.41) is 19.0. The van der Waals surface area contributed by atoms with E-state index in [0.29, 0.717) is 6.42 Å². The van der Waals surface area contributed by atoms with E-state index < -0.39 is 5.97 Å². The lowest BCUT2D eigenvalue weighted by atomic mass is 10.1. The van der Waals surface area contributed by atoms with Crippen LogP contribution < -0.4 is 5.11 Å². The highest BCUT2D eigenvalue weighted by Gasteiger charge is 2.02. The van der Waals surface area contributed by atoms with Gasteiger partial charge in [0, 0.05) is 5.97 Å². The van der Waals surface area contributed by atoms with Crippen LogP contribution in [0.3, 0.4) is 0 Å². The number of aliphatic carboxylic acids is 1. The number of hydrogen-bond donors (Lipinski definition) is 1. The van der Waals surface area contributed by atoms with Crippen molar-refractivity contribution in [2.45, 2.75) is 70.8 Å². The summed E-state index contributed by atoms with van der Waals surface area (Å²) < 4.78 is 0. The van der Waals surface area contributed by atoms with E-state index in [4.69, 9.17) is 5.26 Å². The van der Waals surface area contributed by atoms with E-state index in [1.54, 1.807) is 0 Å². The van der Waals surface area contributed by atoms with Crippen molar-refractivity contribution in [3.63, 3.8) is 0 Å².